The van der Waals surface area contributed by atoms with Crippen LogP contribution in [0.4, 0.5) is 0 Å². The van der Waals surface area contributed by atoms with E-state index >= 15 is 0 Å². The molecule has 0 bridgehead atoms. The van der Waals surface area contributed by atoms with Crippen LogP contribution in [0.25, 0.3) is 0 Å². The Morgan fingerprint density at radius 1 is 1.07 bits per heavy atom. The van der Waals surface area contributed by atoms with E-state index in [-0.39, 0.29) is 24.0 Å². The van der Waals surface area contributed by atoms with Gasteiger partial charge in [0.25, 0.3) is 0 Å². The fourth-order valence-electron chi connectivity index (χ4n) is 3.53. The van der Waals surface area contributed by atoms with Crippen molar-refractivity contribution in [3.05, 3.63) is 51.5 Å². The maximum Gasteiger partial charge on any atom is 0.191 e. The lowest BCUT2D eigenvalue weighted by atomic mass is 10.1. The predicted molar refractivity (Wildman–Crippen MR) is 134 cm³/mol. The summed E-state index contributed by atoms with van der Waals surface area (Å²) in [5, 5.41) is 7.93. The molecule has 0 saturated carbocycles. The lowest BCUT2D eigenvalue weighted by molar-refractivity contribution is 0.277. The van der Waals surface area contributed by atoms with Crippen molar-refractivity contribution >= 4 is 41.3 Å². The third-order valence-corrected chi connectivity index (χ3v) is 6.08. The molecule has 1 aliphatic heterocycles. The normalized spacial score (nSPS) is 15.4. The van der Waals surface area contributed by atoms with E-state index in [1.165, 1.54) is 59.8 Å². The van der Waals surface area contributed by atoms with Crippen molar-refractivity contribution in [1.82, 2.24) is 20.5 Å². The lowest BCUT2D eigenvalue weighted by Crippen LogP contribution is -2.37. The van der Waals surface area contributed by atoms with Gasteiger partial charge in [-0.2, -0.15) is 0 Å². The van der Waals surface area contributed by atoms with Gasteiger partial charge in [-0.05, 0) is 44.0 Å². The molecule has 7 heteroatoms. The molecule has 5 nitrogen and oxygen atoms in total. The molecular weight excluding hydrogens is 493 g/mol. The maximum atomic E-state index is 4.40. The lowest BCUT2D eigenvalue weighted by Gasteiger charge is -2.20. The standard InChI is InChI=1S/C22H33N5S.HI/c1-18-15-25-21(28-18)11-12-24-22(23-2)26-16-19-7-9-20(10-8-19)17-27-13-5-3-4-6-14-27;/h7-10,15H,3-6,11-14,16-17H2,1-2H3,(H2,23,24,26);1H. The van der Waals surface area contributed by atoms with Gasteiger partial charge in [0.2, 0.25) is 0 Å². The van der Waals surface area contributed by atoms with Gasteiger partial charge in [-0.25, -0.2) is 4.98 Å². The SMILES string of the molecule is CN=C(NCCc1ncc(C)s1)NCc1ccc(CN2CCCCCC2)cc1.I. The molecule has 1 fully saturated rings. The number of hydrogen-bond acceptors (Lipinski definition) is 4. The molecule has 1 aromatic heterocycles. The van der Waals surface area contributed by atoms with Gasteiger partial charge in [0.1, 0.15) is 0 Å². The first-order valence-corrected chi connectivity index (χ1v) is 11.2. The molecule has 0 unspecified atom stereocenters. The fraction of sp³-hybridized carbons (Fsp3) is 0.545. The van der Waals surface area contributed by atoms with Crippen molar-refractivity contribution in [1.29, 1.82) is 0 Å². The highest BCUT2D eigenvalue weighted by Gasteiger charge is 2.09. The summed E-state index contributed by atoms with van der Waals surface area (Å²) in [5.74, 6) is 0.835. The number of aromatic nitrogens is 1. The number of aryl methyl sites for hydroxylation is 1. The average molecular weight is 528 g/mol. The summed E-state index contributed by atoms with van der Waals surface area (Å²) in [4.78, 5) is 12.6. The van der Waals surface area contributed by atoms with Crippen LogP contribution in [-0.4, -0.2) is 42.5 Å². The zero-order valence-corrected chi connectivity index (χ0v) is 20.8. The first-order valence-electron chi connectivity index (χ1n) is 10.4. The maximum absolute atomic E-state index is 4.40. The van der Waals surface area contributed by atoms with E-state index < -0.39 is 0 Å². The number of rotatable bonds is 7. The van der Waals surface area contributed by atoms with E-state index in [0.29, 0.717) is 0 Å². The Morgan fingerprint density at radius 3 is 2.38 bits per heavy atom. The Hall–Kier alpha value is -1.19. The number of hydrogen-bond donors (Lipinski definition) is 2. The minimum Gasteiger partial charge on any atom is -0.356 e. The summed E-state index contributed by atoms with van der Waals surface area (Å²) in [7, 11) is 1.81. The zero-order chi connectivity index (χ0) is 19.6. The van der Waals surface area contributed by atoms with Gasteiger partial charge in [0.15, 0.2) is 5.96 Å². The van der Waals surface area contributed by atoms with Gasteiger partial charge in [-0.1, -0.05) is 37.1 Å². The molecule has 0 atom stereocenters. The number of likely N-dealkylation sites (tertiary alicyclic amines) is 1. The van der Waals surface area contributed by atoms with E-state index in [0.717, 1.165) is 32.0 Å². The summed E-state index contributed by atoms with van der Waals surface area (Å²) in [6.45, 7) is 7.26. The molecule has 0 radical (unpaired) electrons. The van der Waals surface area contributed by atoms with E-state index in [2.05, 4.69) is 56.7 Å². The molecule has 0 aliphatic carbocycles. The Balaban J connectivity index is 0.00000300. The Morgan fingerprint density at radius 2 is 1.76 bits per heavy atom. The molecule has 160 valence electrons. The number of benzene rings is 1. The molecule has 29 heavy (non-hydrogen) atoms. The van der Waals surface area contributed by atoms with Gasteiger partial charge >= 0.3 is 0 Å². The Labute approximate surface area is 196 Å². The van der Waals surface area contributed by atoms with E-state index in [1.807, 2.05) is 13.2 Å². The summed E-state index contributed by atoms with van der Waals surface area (Å²) < 4.78 is 0. The highest BCUT2D eigenvalue weighted by Crippen LogP contribution is 2.14. The topological polar surface area (TPSA) is 52.6 Å². The number of guanidine groups is 1. The molecule has 0 amide bonds. The molecule has 1 aliphatic rings. The first-order chi connectivity index (χ1) is 13.7. The minimum absolute atomic E-state index is 0. The third-order valence-electron chi connectivity index (χ3n) is 5.11. The molecule has 0 spiro atoms. The highest BCUT2D eigenvalue weighted by molar-refractivity contribution is 14.0. The number of thiazole rings is 1. The van der Waals surface area contributed by atoms with Crippen molar-refractivity contribution in [2.45, 2.75) is 52.1 Å². The van der Waals surface area contributed by atoms with Crippen LogP contribution < -0.4 is 10.6 Å². The van der Waals surface area contributed by atoms with E-state index in [4.69, 9.17) is 0 Å². The van der Waals surface area contributed by atoms with Crippen molar-refractivity contribution in [3.8, 4) is 0 Å². The first kappa shape index (κ1) is 24.1. The Bertz CT molecular complexity index is 736. The largest absolute Gasteiger partial charge is 0.356 e. The Kier molecular flexibility index (Phi) is 10.9. The number of nitrogens with zero attached hydrogens (tertiary/aromatic N) is 3. The summed E-state index contributed by atoms with van der Waals surface area (Å²) in [6.07, 6.45) is 8.32. The molecule has 2 N–H and O–H groups in total. The van der Waals surface area contributed by atoms with Crippen molar-refractivity contribution < 1.29 is 0 Å². The number of aliphatic imine (C=N–C) groups is 1. The van der Waals surface area contributed by atoms with Gasteiger partial charge in [0, 0.05) is 44.2 Å². The van der Waals surface area contributed by atoms with Gasteiger partial charge in [0.05, 0.1) is 5.01 Å². The number of halogens is 1. The van der Waals surface area contributed by atoms with Crippen molar-refractivity contribution in [2.24, 2.45) is 4.99 Å². The van der Waals surface area contributed by atoms with Crippen LogP contribution in [0.15, 0.2) is 35.5 Å². The predicted octanol–water partition coefficient (Wildman–Crippen LogP) is 4.35. The van der Waals surface area contributed by atoms with E-state index in [9.17, 15) is 0 Å². The smallest absolute Gasteiger partial charge is 0.191 e. The zero-order valence-electron chi connectivity index (χ0n) is 17.6. The molecular formula is C22H34IN5S. The van der Waals surface area contributed by atoms with Gasteiger partial charge in [-0.15, -0.1) is 35.3 Å². The highest BCUT2D eigenvalue weighted by atomic mass is 127. The molecule has 1 aromatic carbocycles. The quantitative estimate of drug-likeness (QED) is 0.320. The molecule has 2 heterocycles. The van der Waals surface area contributed by atoms with Crippen LogP contribution in [0, 0.1) is 6.92 Å². The van der Waals surface area contributed by atoms with Crippen LogP contribution >= 0.6 is 35.3 Å². The van der Waals surface area contributed by atoms with Crippen LogP contribution in [0.5, 0.6) is 0 Å². The monoisotopic (exact) mass is 527 g/mol. The molecule has 2 aromatic rings. The van der Waals surface area contributed by atoms with Crippen LogP contribution in [-0.2, 0) is 19.5 Å². The van der Waals surface area contributed by atoms with Crippen molar-refractivity contribution in [2.75, 3.05) is 26.7 Å². The molecule has 3 rings (SSSR count). The van der Waals surface area contributed by atoms with E-state index in [1.54, 1.807) is 11.3 Å². The van der Waals surface area contributed by atoms with Crippen LogP contribution in [0.1, 0.15) is 46.7 Å². The fourth-order valence-corrected chi connectivity index (χ4v) is 4.31. The summed E-state index contributed by atoms with van der Waals surface area (Å²) >= 11 is 1.76. The summed E-state index contributed by atoms with van der Waals surface area (Å²) in [5.41, 5.74) is 2.69. The molecule has 1 saturated heterocycles. The second-order valence-corrected chi connectivity index (χ2v) is 8.79. The second-order valence-electron chi connectivity index (χ2n) is 7.47. The summed E-state index contributed by atoms with van der Waals surface area (Å²) in [6, 6.07) is 8.99. The average Bonchev–Trinajstić information content (AvgIpc) is 2.96. The minimum atomic E-state index is 0. The van der Waals surface area contributed by atoms with Gasteiger partial charge in [-0.3, -0.25) is 9.89 Å². The van der Waals surface area contributed by atoms with Crippen LogP contribution in [0.2, 0.25) is 0 Å². The third kappa shape index (κ3) is 8.60. The second kappa shape index (κ2) is 13.2. The van der Waals surface area contributed by atoms with Crippen molar-refractivity contribution in [3.63, 3.8) is 0 Å². The van der Waals surface area contributed by atoms with Crippen LogP contribution in [0.3, 0.4) is 0 Å². The number of nitrogens with one attached hydrogen (secondary N) is 2. The van der Waals surface area contributed by atoms with Gasteiger partial charge < -0.3 is 10.6 Å².